The standard InChI is InChI=1S/C17H19N3O/c18-12-15-13-20-10-4-9-16(17(20)19-15)21-11-5-8-14-6-2-1-3-7-14/h1-4,6-7,9-10,13H,5,8,11-12,18H2. The first-order chi connectivity index (χ1) is 10.4. The van der Waals surface area contributed by atoms with E-state index in [9.17, 15) is 0 Å². The van der Waals surface area contributed by atoms with Crippen molar-refractivity contribution >= 4 is 5.65 Å². The molecule has 4 heteroatoms. The Hall–Kier alpha value is -2.33. The molecule has 4 nitrogen and oxygen atoms in total. The maximum absolute atomic E-state index is 5.87. The minimum atomic E-state index is 0.440. The summed E-state index contributed by atoms with van der Waals surface area (Å²) in [6.07, 6.45) is 5.90. The molecule has 0 saturated heterocycles. The van der Waals surface area contributed by atoms with Crippen molar-refractivity contribution in [2.75, 3.05) is 6.61 Å². The van der Waals surface area contributed by atoms with Gasteiger partial charge < -0.3 is 14.9 Å². The van der Waals surface area contributed by atoms with Crippen LogP contribution in [0.4, 0.5) is 0 Å². The summed E-state index contributed by atoms with van der Waals surface area (Å²) in [5.74, 6) is 0.810. The van der Waals surface area contributed by atoms with Crippen LogP contribution in [-0.2, 0) is 13.0 Å². The second kappa shape index (κ2) is 6.41. The second-order valence-electron chi connectivity index (χ2n) is 4.98. The van der Waals surface area contributed by atoms with E-state index in [4.69, 9.17) is 10.5 Å². The second-order valence-corrected chi connectivity index (χ2v) is 4.98. The van der Waals surface area contributed by atoms with Crippen LogP contribution in [0.5, 0.6) is 5.75 Å². The van der Waals surface area contributed by atoms with Crippen molar-refractivity contribution in [1.29, 1.82) is 0 Å². The summed E-state index contributed by atoms with van der Waals surface area (Å²) in [4.78, 5) is 4.48. The number of hydrogen-bond acceptors (Lipinski definition) is 3. The van der Waals surface area contributed by atoms with E-state index in [0.717, 1.165) is 29.9 Å². The van der Waals surface area contributed by atoms with Gasteiger partial charge in [0.15, 0.2) is 11.4 Å². The molecule has 0 spiro atoms. The Morgan fingerprint density at radius 2 is 1.95 bits per heavy atom. The van der Waals surface area contributed by atoms with E-state index in [1.54, 1.807) is 0 Å². The van der Waals surface area contributed by atoms with Crippen molar-refractivity contribution in [2.24, 2.45) is 5.73 Å². The largest absolute Gasteiger partial charge is 0.490 e. The highest BCUT2D eigenvalue weighted by molar-refractivity contribution is 5.54. The van der Waals surface area contributed by atoms with E-state index in [1.165, 1.54) is 5.56 Å². The molecule has 0 aliphatic rings. The normalized spacial score (nSPS) is 10.9. The van der Waals surface area contributed by atoms with Gasteiger partial charge >= 0.3 is 0 Å². The van der Waals surface area contributed by atoms with E-state index in [1.807, 2.05) is 35.0 Å². The Balaban J connectivity index is 1.61. The van der Waals surface area contributed by atoms with Gasteiger partial charge in [0.1, 0.15) is 0 Å². The highest BCUT2D eigenvalue weighted by atomic mass is 16.5. The summed E-state index contributed by atoms with van der Waals surface area (Å²) < 4.78 is 7.83. The first-order valence-corrected chi connectivity index (χ1v) is 7.20. The number of ether oxygens (including phenoxy) is 1. The maximum Gasteiger partial charge on any atom is 0.179 e. The van der Waals surface area contributed by atoms with Gasteiger partial charge in [0.2, 0.25) is 0 Å². The molecule has 2 N–H and O–H groups in total. The SMILES string of the molecule is NCc1cn2cccc(OCCCc3ccccc3)c2n1. The monoisotopic (exact) mass is 281 g/mol. The number of fused-ring (bicyclic) bond motifs is 1. The number of benzene rings is 1. The topological polar surface area (TPSA) is 52.5 Å². The molecular weight excluding hydrogens is 262 g/mol. The number of rotatable bonds is 6. The van der Waals surface area contributed by atoms with Crippen LogP contribution in [0.1, 0.15) is 17.7 Å². The first kappa shape index (κ1) is 13.6. The fourth-order valence-corrected chi connectivity index (χ4v) is 2.35. The Morgan fingerprint density at radius 1 is 1.10 bits per heavy atom. The molecule has 1 aromatic carbocycles. The van der Waals surface area contributed by atoms with Gasteiger partial charge in [-0.15, -0.1) is 0 Å². The third-order valence-corrected chi connectivity index (χ3v) is 3.42. The van der Waals surface area contributed by atoms with Crippen molar-refractivity contribution in [2.45, 2.75) is 19.4 Å². The number of aryl methyl sites for hydroxylation is 1. The lowest BCUT2D eigenvalue weighted by molar-refractivity contribution is 0.313. The van der Waals surface area contributed by atoms with Crippen LogP contribution in [0.25, 0.3) is 5.65 Å². The van der Waals surface area contributed by atoms with Crippen molar-refractivity contribution < 1.29 is 4.74 Å². The molecule has 0 unspecified atom stereocenters. The predicted octanol–water partition coefficient (Wildman–Crippen LogP) is 2.80. The van der Waals surface area contributed by atoms with Crippen LogP contribution in [-0.4, -0.2) is 16.0 Å². The Labute approximate surface area is 124 Å². The van der Waals surface area contributed by atoms with Crippen molar-refractivity contribution in [3.63, 3.8) is 0 Å². The molecule has 2 aromatic heterocycles. The molecule has 3 rings (SSSR count). The van der Waals surface area contributed by atoms with Gasteiger partial charge in [-0.3, -0.25) is 0 Å². The molecule has 0 bridgehead atoms. The van der Waals surface area contributed by atoms with Crippen molar-refractivity contribution in [1.82, 2.24) is 9.38 Å². The van der Waals surface area contributed by atoms with Gasteiger partial charge in [0.05, 0.1) is 12.3 Å². The summed E-state index contributed by atoms with van der Waals surface area (Å²) in [5, 5.41) is 0. The molecular formula is C17H19N3O. The fourth-order valence-electron chi connectivity index (χ4n) is 2.35. The van der Waals surface area contributed by atoms with Crippen LogP contribution in [0.15, 0.2) is 54.9 Å². The molecule has 0 aliphatic heterocycles. The molecule has 0 aliphatic carbocycles. The lowest BCUT2D eigenvalue weighted by atomic mass is 10.1. The lowest BCUT2D eigenvalue weighted by Gasteiger charge is -2.07. The van der Waals surface area contributed by atoms with Gasteiger partial charge in [-0.1, -0.05) is 30.3 Å². The van der Waals surface area contributed by atoms with Gasteiger partial charge in [-0.25, -0.2) is 4.98 Å². The lowest BCUT2D eigenvalue weighted by Crippen LogP contribution is -2.01. The van der Waals surface area contributed by atoms with E-state index >= 15 is 0 Å². The van der Waals surface area contributed by atoms with Crippen molar-refractivity contribution in [3.05, 3.63) is 66.1 Å². The molecule has 0 saturated carbocycles. The van der Waals surface area contributed by atoms with Crippen LogP contribution < -0.4 is 10.5 Å². The van der Waals surface area contributed by atoms with Crippen LogP contribution in [0.2, 0.25) is 0 Å². The summed E-state index contributed by atoms with van der Waals surface area (Å²) in [6, 6.07) is 14.4. The molecule has 0 atom stereocenters. The molecule has 0 radical (unpaired) electrons. The number of nitrogens with zero attached hydrogens (tertiary/aromatic N) is 2. The van der Waals surface area contributed by atoms with Gasteiger partial charge in [-0.2, -0.15) is 0 Å². The number of aromatic nitrogens is 2. The van der Waals surface area contributed by atoms with Gasteiger partial charge in [-0.05, 0) is 30.5 Å². The molecule has 0 amide bonds. The minimum absolute atomic E-state index is 0.440. The zero-order valence-corrected chi connectivity index (χ0v) is 11.9. The number of pyridine rings is 1. The minimum Gasteiger partial charge on any atom is -0.490 e. The number of nitrogens with two attached hydrogens (primary N) is 1. The smallest absolute Gasteiger partial charge is 0.179 e. The van der Waals surface area contributed by atoms with E-state index in [2.05, 4.69) is 29.2 Å². The molecule has 0 fully saturated rings. The Kier molecular flexibility index (Phi) is 4.17. The molecule has 108 valence electrons. The van der Waals surface area contributed by atoms with Crippen LogP contribution in [0, 0.1) is 0 Å². The Morgan fingerprint density at radius 3 is 2.76 bits per heavy atom. The third-order valence-electron chi connectivity index (χ3n) is 3.42. The summed E-state index contributed by atoms with van der Waals surface area (Å²) in [6.45, 7) is 1.12. The predicted molar refractivity (Wildman–Crippen MR) is 83.3 cm³/mol. The van der Waals surface area contributed by atoms with Crippen molar-refractivity contribution in [3.8, 4) is 5.75 Å². The molecule has 3 aromatic rings. The average molecular weight is 281 g/mol. The molecule has 2 heterocycles. The van der Waals surface area contributed by atoms with E-state index < -0.39 is 0 Å². The first-order valence-electron chi connectivity index (χ1n) is 7.20. The summed E-state index contributed by atoms with van der Waals surface area (Å²) >= 11 is 0. The summed E-state index contributed by atoms with van der Waals surface area (Å²) in [7, 11) is 0. The van der Waals surface area contributed by atoms with Gasteiger partial charge in [0, 0.05) is 18.9 Å². The number of hydrogen-bond donors (Lipinski definition) is 1. The van der Waals surface area contributed by atoms with E-state index in [0.29, 0.717) is 13.2 Å². The zero-order chi connectivity index (χ0) is 14.5. The van der Waals surface area contributed by atoms with Gasteiger partial charge in [0.25, 0.3) is 0 Å². The fraction of sp³-hybridized carbons (Fsp3) is 0.235. The highest BCUT2D eigenvalue weighted by Crippen LogP contribution is 2.19. The average Bonchev–Trinajstić information content (AvgIpc) is 2.96. The number of imidazole rings is 1. The molecule has 21 heavy (non-hydrogen) atoms. The van der Waals surface area contributed by atoms with Crippen LogP contribution >= 0.6 is 0 Å². The Bertz CT molecular complexity index is 706. The maximum atomic E-state index is 5.87. The highest BCUT2D eigenvalue weighted by Gasteiger charge is 2.06. The quantitative estimate of drug-likeness (QED) is 0.707. The zero-order valence-electron chi connectivity index (χ0n) is 11.9. The summed E-state index contributed by atoms with van der Waals surface area (Å²) in [5.41, 5.74) is 8.67. The van der Waals surface area contributed by atoms with Crippen LogP contribution in [0.3, 0.4) is 0 Å². The third kappa shape index (κ3) is 3.23. The van der Waals surface area contributed by atoms with E-state index in [-0.39, 0.29) is 0 Å².